The van der Waals surface area contributed by atoms with Crippen LogP contribution in [0.3, 0.4) is 0 Å². The zero-order valence-corrected chi connectivity index (χ0v) is 12.2. The van der Waals surface area contributed by atoms with Crippen LogP contribution in [0, 0.1) is 5.41 Å². The van der Waals surface area contributed by atoms with Crippen LogP contribution in [-0.4, -0.2) is 41.3 Å². The minimum Gasteiger partial charge on any atom is -0.388 e. The number of aromatic nitrogens is 1. The normalized spacial score (nSPS) is 9.86. The number of aliphatic imine (C=N–C) groups is 1. The fourth-order valence-corrected chi connectivity index (χ4v) is 1.62. The SMILES string of the molecule is Cn1cc(NC(=O)CN=C(N)N)cc1C(=O)NCCC(=N)N. The van der Waals surface area contributed by atoms with Crippen LogP contribution in [0.2, 0.25) is 0 Å². The molecule has 10 nitrogen and oxygen atoms in total. The molecule has 0 bridgehead atoms. The molecule has 0 spiro atoms. The van der Waals surface area contributed by atoms with Crippen molar-refractivity contribution in [3.63, 3.8) is 0 Å². The van der Waals surface area contributed by atoms with Crippen molar-refractivity contribution in [1.29, 1.82) is 5.41 Å². The van der Waals surface area contributed by atoms with Crippen molar-refractivity contribution in [2.75, 3.05) is 18.4 Å². The largest absolute Gasteiger partial charge is 0.388 e. The van der Waals surface area contributed by atoms with E-state index in [0.717, 1.165) is 0 Å². The molecule has 22 heavy (non-hydrogen) atoms. The third-order valence-corrected chi connectivity index (χ3v) is 2.61. The van der Waals surface area contributed by atoms with E-state index < -0.39 is 5.91 Å². The first kappa shape index (κ1) is 17.0. The molecule has 0 aliphatic carbocycles. The number of hydrogen-bond acceptors (Lipinski definition) is 4. The Balaban J connectivity index is 2.63. The molecule has 0 radical (unpaired) electrons. The monoisotopic (exact) mass is 308 g/mol. The van der Waals surface area contributed by atoms with E-state index in [2.05, 4.69) is 15.6 Å². The lowest BCUT2D eigenvalue weighted by atomic mass is 10.3. The molecule has 0 fully saturated rings. The number of nitrogens with one attached hydrogen (secondary N) is 3. The third-order valence-electron chi connectivity index (χ3n) is 2.61. The van der Waals surface area contributed by atoms with Crippen LogP contribution < -0.4 is 27.8 Å². The summed E-state index contributed by atoms with van der Waals surface area (Å²) in [7, 11) is 1.67. The second-order valence-electron chi connectivity index (χ2n) is 4.55. The van der Waals surface area contributed by atoms with Gasteiger partial charge < -0.3 is 32.4 Å². The van der Waals surface area contributed by atoms with Crippen LogP contribution in [0.1, 0.15) is 16.9 Å². The smallest absolute Gasteiger partial charge is 0.267 e. The molecule has 1 aromatic heterocycles. The van der Waals surface area contributed by atoms with Crippen LogP contribution >= 0.6 is 0 Å². The maximum atomic E-state index is 12.0. The van der Waals surface area contributed by atoms with Crippen molar-refractivity contribution in [3.05, 3.63) is 18.0 Å². The van der Waals surface area contributed by atoms with Crippen molar-refractivity contribution in [2.45, 2.75) is 6.42 Å². The summed E-state index contributed by atoms with van der Waals surface area (Å²) >= 11 is 0. The van der Waals surface area contributed by atoms with E-state index in [-0.39, 0.29) is 37.2 Å². The first-order chi connectivity index (χ1) is 10.3. The zero-order chi connectivity index (χ0) is 16.7. The molecule has 0 aliphatic rings. The fraction of sp³-hybridized carbons (Fsp3) is 0.333. The Morgan fingerprint density at radius 3 is 2.64 bits per heavy atom. The Morgan fingerprint density at radius 1 is 1.36 bits per heavy atom. The molecule has 9 N–H and O–H groups in total. The second kappa shape index (κ2) is 7.67. The predicted octanol–water partition coefficient (Wildman–Crippen LogP) is -1.71. The number of nitrogens with zero attached hydrogens (tertiary/aromatic N) is 2. The molecular formula is C12H20N8O2. The van der Waals surface area contributed by atoms with Gasteiger partial charge in [-0.1, -0.05) is 0 Å². The van der Waals surface area contributed by atoms with Crippen LogP contribution in [0.25, 0.3) is 0 Å². The van der Waals surface area contributed by atoms with Gasteiger partial charge in [-0.2, -0.15) is 0 Å². The summed E-state index contributed by atoms with van der Waals surface area (Å²) in [5.74, 6) is -0.898. The van der Waals surface area contributed by atoms with E-state index in [1.54, 1.807) is 17.8 Å². The number of carbonyl (C=O) groups excluding carboxylic acids is 2. The van der Waals surface area contributed by atoms with E-state index >= 15 is 0 Å². The number of carbonyl (C=O) groups is 2. The second-order valence-corrected chi connectivity index (χ2v) is 4.55. The maximum absolute atomic E-state index is 12.0. The lowest BCUT2D eigenvalue weighted by Crippen LogP contribution is -2.28. The molecule has 0 saturated heterocycles. The first-order valence-corrected chi connectivity index (χ1v) is 6.42. The molecule has 120 valence electrons. The summed E-state index contributed by atoms with van der Waals surface area (Å²) < 4.78 is 1.57. The average molecular weight is 308 g/mol. The maximum Gasteiger partial charge on any atom is 0.267 e. The number of nitrogens with two attached hydrogens (primary N) is 3. The zero-order valence-electron chi connectivity index (χ0n) is 12.2. The fourth-order valence-electron chi connectivity index (χ4n) is 1.62. The van der Waals surface area contributed by atoms with Gasteiger partial charge >= 0.3 is 0 Å². The molecule has 10 heteroatoms. The number of amides is 2. The van der Waals surface area contributed by atoms with Gasteiger partial charge in [-0.25, -0.2) is 4.99 Å². The van der Waals surface area contributed by atoms with Crippen molar-refractivity contribution in [3.8, 4) is 0 Å². The number of guanidine groups is 1. The molecule has 0 aromatic carbocycles. The molecular weight excluding hydrogens is 288 g/mol. The van der Waals surface area contributed by atoms with E-state index in [1.807, 2.05) is 0 Å². The Labute approximate surface area is 127 Å². The lowest BCUT2D eigenvalue weighted by Gasteiger charge is -2.04. The lowest BCUT2D eigenvalue weighted by molar-refractivity contribution is -0.114. The topological polar surface area (TPSA) is 177 Å². The minimum absolute atomic E-state index is 0.000125. The van der Waals surface area contributed by atoms with Crippen LogP contribution in [0.5, 0.6) is 0 Å². The van der Waals surface area contributed by atoms with Gasteiger partial charge in [0, 0.05) is 26.2 Å². The predicted molar refractivity (Wildman–Crippen MR) is 83.6 cm³/mol. The van der Waals surface area contributed by atoms with Crippen molar-refractivity contribution < 1.29 is 9.59 Å². The Kier molecular flexibility index (Phi) is 5.93. The first-order valence-electron chi connectivity index (χ1n) is 6.42. The van der Waals surface area contributed by atoms with E-state index in [1.165, 1.54) is 6.07 Å². The van der Waals surface area contributed by atoms with Gasteiger partial charge in [-0.3, -0.25) is 15.0 Å². The average Bonchev–Trinajstić information content (AvgIpc) is 2.76. The van der Waals surface area contributed by atoms with E-state index in [0.29, 0.717) is 11.4 Å². The van der Waals surface area contributed by atoms with Crippen molar-refractivity contribution in [2.24, 2.45) is 29.2 Å². The standard InChI is InChI=1S/C12H20N8O2/c1-20-6-7(19-10(21)5-18-12(15)16)4-8(20)11(22)17-3-2-9(13)14/h4,6H,2-3,5H2,1H3,(H3,13,14)(H,17,22)(H,19,21)(H4,15,16,18). The number of amidine groups is 1. The molecule has 1 aromatic rings. The van der Waals surface area contributed by atoms with Gasteiger partial charge in [0.2, 0.25) is 5.91 Å². The van der Waals surface area contributed by atoms with Gasteiger partial charge in [0.25, 0.3) is 5.91 Å². The summed E-state index contributed by atoms with van der Waals surface area (Å²) in [6.45, 7) is 0.0723. The highest BCUT2D eigenvalue weighted by Crippen LogP contribution is 2.12. The minimum atomic E-state index is -0.400. The van der Waals surface area contributed by atoms with E-state index in [9.17, 15) is 9.59 Å². The summed E-state index contributed by atoms with van der Waals surface area (Å²) in [4.78, 5) is 27.1. The van der Waals surface area contributed by atoms with Crippen LogP contribution in [0.4, 0.5) is 5.69 Å². The number of rotatable bonds is 7. The molecule has 0 saturated carbocycles. The summed E-state index contributed by atoms with van der Waals surface area (Å²) in [5.41, 5.74) is 16.3. The van der Waals surface area contributed by atoms with Crippen molar-refractivity contribution >= 4 is 29.3 Å². The Hall–Kier alpha value is -3.04. The van der Waals surface area contributed by atoms with Crippen LogP contribution in [-0.2, 0) is 11.8 Å². The molecule has 1 heterocycles. The summed E-state index contributed by atoms with van der Waals surface area (Å²) in [6, 6.07) is 1.52. The highest BCUT2D eigenvalue weighted by atomic mass is 16.2. The van der Waals surface area contributed by atoms with Gasteiger partial charge in [-0.15, -0.1) is 0 Å². The Bertz CT molecular complexity index is 600. The summed E-state index contributed by atoms with van der Waals surface area (Å²) in [6.07, 6.45) is 1.87. The van der Waals surface area contributed by atoms with Gasteiger partial charge in [-0.05, 0) is 6.07 Å². The highest BCUT2D eigenvalue weighted by Gasteiger charge is 2.12. The van der Waals surface area contributed by atoms with Gasteiger partial charge in [0.1, 0.15) is 12.2 Å². The van der Waals surface area contributed by atoms with Gasteiger partial charge in [0.15, 0.2) is 5.96 Å². The van der Waals surface area contributed by atoms with Crippen molar-refractivity contribution in [1.82, 2.24) is 9.88 Å². The molecule has 0 unspecified atom stereocenters. The molecule has 0 atom stereocenters. The molecule has 2 amide bonds. The third kappa shape index (κ3) is 5.53. The number of hydrogen-bond donors (Lipinski definition) is 6. The van der Waals surface area contributed by atoms with Crippen LogP contribution in [0.15, 0.2) is 17.3 Å². The Morgan fingerprint density at radius 2 is 2.05 bits per heavy atom. The molecule has 1 rings (SSSR count). The highest BCUT2D eigenvalue weighted by molar-refractivity contribution is 5.97. The number of anilines is 1. The van der Waals surface area contributed by atoms with Gasteiger partial charge in [0.05, 0.1) is 11.5 Å². The molecule has 0 aliphatic heterocycles. The number of aryl methyl sites for hydroxylation is 1. The summed E-state index contributed by atoms with van der Waals surface area (Å²) in [5, 5.41) is 12.3. The van der Waals surface area contributed by atoms with E-state index in [4.69, 9.17) is 22.6 Å². The quantitative estimate of drug-likeness (QED) is 0.259.